The van der Waals surface area contributed by atoms with Gasteiger partial charge in [0.25, 0.3) is 11.6 Å². The first kappa shape index (κ1) is 21.3. The highest BCUT2D eigenvalue weighted by Crippen LogP contribution is 2.30. The molecule has 30 heavy (non-hydrogen) atoms. The highest BCUT2D eigenvalue weighted by molar-refractivity contribution is 5.97. The molecule has 0 atom stereocenters. The van der Waals surface area contributed by atoms with Gasteiger partial charge in [0, 0.05) is 24.8 Å². The smallest absolute Gasteiger partial charge is 0.338 e. The van der Waals surface area contributed by atoms with Gasteiger partial charge >= 0.3 is 5.97 Å². The van der Waals surface area contributed by atoms with Crippen LogP contribution in [0.5, 0.6) is 0 Å². The first-order valence-electron chi connectivity index (χ1n) is 9.51. The van der Waals surface area contributed by atoms with Crippen LogP contribution in [0.15, 0.2) is 36.4 Å². The standard InChI is InChI=1S/C21H23N3O6/c1-14-4-3-5-15(2)20(14)22-19(25)13-30-21(26)16-6-7-17(18(12-16)24(27)28)23-8-10-29-11-9-23/h3-7,12H,8-11,13H2,1-2H3,(H,22,25). The zero-order valence-electron chi connectivity index (χ0n) is 16.8. The number of benzene rings is 2. The van der Waals surface area contributed by atoms with Crippen LogP contribution < -0.4 is 10.2 Å². The van der Waals surface area contributed by atoms with Gasteiger partial charge in [-0.1, -0.05) is 18.2 Å². The predicted molar refractivity (Wildman–Crippen MR) is 111 cm³/mol. The Labute approximate surface area is 173 Å². The molecular weight excluding hydrogens is 390 g/mol. The highest BCUT2D eigenvalue weighted by Gasteiger charge is 2.24. The Bertz CT molecular complexity index is 949. The van der Waals surface area contributed by atoms with E-state index in [0.717, 1.165) is 11.1 Å². The van der Waals surface area contributed by atoms with Gasteiger partial charge in [-0.3, -0.25) is 14.9 Å². The molecule has 0 aliphatic carbocycles. The Morgan fingerprint density at radius 2 is 1.83 bits per heavy atom. The lowest BCUT2D eigenvalue weighted by Gasteiger charge is -2.28. The van der Waals surface area contributed by atoms with Gasteiger partial charge in [0.15, 0.2) is 6.61 Å². The number of aryl methyl sites for hydroxylation is 2. The van der Waals surface area contributed by atoms with Gasteiger partial charge in [-0.2, -0.15) is 0 Å². The number of rotatable bonds is 6. The minimum absolute atomic E-state index is 0.0126. The number of carbonyl (C=O) groups is 2. The Kier molecular flexibility index (Phi) is 6.63. The second-order valence-electron chi connectivity index (χ2n) is 6.95. The Balaban J connectivity index is 1.67. The predicted octanol–water partition coefficient (Wildman–Crippen LogP) is 2.84. The van der Waals surface area contributed by atoms with Crippen molar-refractivity contribution >= 4 is 28.9 Å². The molecule has 1 heterocycles. The van der Waals surface area contributed by atoms with Crippen molar-refractivity contribution in [1.29, 1.82) is 0 Å². The summed E-state index contributed by atoms with van der Waals surface area (Å²) in [4.78, 5) is 37.3. The van der Waals surface area contributed by atoms with Crippen molar-refractivity contribution in [2.45, 2.75) is 13.8 Å². The molecule has 0 unspecified atom stereocenters. The third-order valence-electron chi connectivity index (χ3n) is 4.84. The molecule has 1 fully saturated rings. The number of nitro benzene ring substituents is 1. The average molecular weight is 413 g/mol. The van der Waals surface area contributed by atoms with Crippen molar-refractivity contribution in [1.82, 2.24) is 0 Å². The number of para-hydroxylation sites is 1. The van der Waals surface area contributed by atoms with Crippen molar-refractivity contribution in [3.8, 4) is 0 Å². The summed E-state index contributed by atoms with van der Waals surface area (Å²) in [7, 11) is 0. The quantitative estimate of drug-likeness (QED) is 0.440. The maximum Gasteiger partial charge on any atom is 0.338 e. The topological polar surface area (TPSA) is 111 Å². The van der Waals surface area contributed by atoms with Crippen LogP contribution >= 0.6 is 0 Å². The zero-order chi connectivity index (χ0) is 21.7. The van der Waals surface area contributed by atoms with Crippen molar-refractivity contribution in [3.63, 3.8) is 0 Å². The Hall–Kier alpha value is -3.46. The first-order valence-corrected chi connectivity index (χ1v) is 9.51. The number of nitrogens with one attached hydrogen (secondary N) is 1. The van der Waals surface area contributed by atoms with Crippen molar-refractivity contribution in [3.05, 3.63) is 63.2 Å². The molecule has 1 N–H and O–H groups in total. The van der Waals surface area contributed by atoms with E-state index in [2.05, 4.69) is 5.32 Å². The lowest BCUT2D eigenvalue weighted by Crippen LogP contribution is -2.36. The minimum atomic E-state index is -0.803. The fourth-order valence-electron chi connectivity index (χ4n) is 3.27. The number of amides is 1. The van der Waals surface area contributed by atoms with Gasteiger partial charge in [-0.15, -0.1) is 0 Å². The number of anilines is 2. The SMILES string of the molecule is Cc1cccc(C)c1NC(=O)COC(=O)c1ccc(N2CCOCC2)c([N+](=O)[O-])c1. The molecule has 9 nitrogen and oxygen atoms in total. The Morgan fingerprint density at radius 3 is 2.47 bits per heavy atom. The van der Waals surface area contributed by atoms with Crippen LogP contribution in [0.2, 0.25) is 0 Å². The number of morpholine rings is 1. The number of hydrogen-bond donors (Lipinski definition) is 1. The molecule has 2 aromatic rings. The van der Waals surface area contributed by atoms with Crippen molar-refractivity contribution in [2.75, 3.05) is 43.1 Å². The molecule has 1 saturated heterocycles. The monoisotopic (exact) mass is 413 g/mol. The number of ether oxygens (including phenoxy) is 2. The van der Waals surface area contributed by atoms with Crippen LogP contribution in [-0.2, 0) is 14.3 Å². The zero-order valence-corrected chi connectivity index (χ0v) is 16.8. The molecule has 1 aliphatic heterocycles. The third-order valence-corrected chi connectivity index (χ3v) is 4.84. The second kappa shape index (κ2) is 9.36. The summed E-state index contributed by atoms with van der Waals surface area (Å²) in [5.74, 6) is -1.29. The van der Waals surface area contributed by atoms with E-state index in [1.165, 1.54) is 18.2 Å². The molecular formula is C21H23N3O6. The summed E-state index contributed by atoms with van der Waals surface area (Å²) < 4.78 is 10.3. The van der Waals surface area contributed by atoms with Gasteiger partial charge in [0.05, 0.1) is 23.7 Å². The lowest BCUT2D eigenvalue weighted by molar-refractivity contribution is -0.384. The molecule has 158 valence electrons. The average Bonchev–Trinajstić information content (AvgIpc) is 2.75. The molecule has 0 aromatic heterocycles. The van der Waals surface area contributed by atoms with E-state index >= 15 is 0 Å². The molecule has 2 aromatic carbocycles. The van der Waals surface area contributed by atoms with Crippen LogP contribution in [0.25, 0.3) is 0 Å². The van der Waals surface area contributed by atoms with E-state index in [1.54, 1.807) is 0 Å². The number of esters is 1. The highest BCUT2D eigenvalue weighted by atomic mass is 16.6. The molecule has 0 spiro atoms. The summed E-state index contributed by atoms with van der Waals surface area (Å²) in [6.45, 7) is 5.26. The Morgan fingerprint density at radius 1 is 1.17 bits per heavy atom. The van der Waals surface area contributed by atoms with E-state index in [0.29, 0.717) is 37.7 Å². The summed E-state index contributed by atoms with van der Waals surface area (Å²) >= 11 is 0. The molecule has 3 rings (SSSR count). The van der Waals surface area contributed by atoms with Crippen LogP contribution in [0.1, 0.15) is 21.5 Å². The van der Waals surface area contributed by atoms with Gasteiger partial charge < -0.3 is 19.7 Å². The van der Waals surface area contributed by atoms with Gasteiger partial charge in [0.1, 0.15) is 5.69 Å². The number of hydrogen-bond acceptors (Lipinski definition) is 7. The van der Waals surface area contributed by atoms with Gasteiger partial charge in [-0.25, -0.2) is 4.79 Å². The maximum absolute atomic E-state index is 12.3. The van der Waals surface area contributed by atoms with Crippen molar-refractivity contribution in [2.24, 2.45) is 0 Å². The fraction of sp³-hybridized carbons (Fsp3) is 0.333. The molecule has 1 aliphatic rings. The minimum Gasteiger partial charge on any atom is -0.452 e. The van der Waals surface area contributed by atoms with Crippen molar-refractivity contribution < 1.29 is 24.0 Å². The third kappa shape index (κ3) is 4.93. The van der Waals surface area contributed by atoms with E-state index in [9.17, 15) is 19.7 Å². The second-order valence-corrected chi connectivity index (χ2v) is 6.95. The molecule has 9 heteroatoms. The summed E-state index contributed by atoms with van der Waals surface area (Å²) in [5.41, 5.74) is 2.70. The molecule has 0 saturated carbocycles. The first-order chi connectivity index (χ1) is 14.4. The van der Waals surface area contributed by atoms with Crippen LogP contribution in [0, 0.1) is 24.0 Å². The summed E-state index contributed by atoms with van der Waals surface area (Å²) in [6, 6.07) is 9.78. The fourth-order valence-corrected chi connectivity index (χ4v) is 3.27. The molecule has 1 amide bonds. The number of carbonyl (C=O) groups excluding carboxylic acids is 2. The maximum atomic E-state index is 12.3. The largest absolute Gasteiger partial charge is 0.452 e. The molecule has 0 radical (unpaired) electrons. The molecule has 0 bridgehead atoms. The van der Waals surface area contributed by atoms with Crippen LogP contribution in [0.4, 0.5) is 17.1 Å². The number of nitrogens with zero attached hydrogens (tertiary/aromatic N) is 2. The number of nitro groups is 1. The van der Waals surface area contributed by atoms with Crippen LogP contribution in [-0.4, -0.2) is 49.7 Å². The van der Waals surface area contributed by atoms with E-state index in [-0.39, 0.29) is 11.3 Å². The van der Waals surface area contributed by atoms with E-state index in [1.807, 2.05) is 36.9 Å². The summed E-state index contributed by atoms with van der Waals surface area (Å²) in [6.07, 6.45) is 0. The summed E-state index contributed by atoms with van der Waals surface area (Å²) in [5, 5.41) is 14.2. The van der Waals surface area contributed by atoms with Gasteiger partial charge in [0.2, 0.25) is 0 Å². The van der Waals surface area contributed by atoms with Gasteiger partial charge in [-0.05, 0) is 37.1 Å². The lowest BCUT2D eigenvalue weighted by atomic mass is 10.1. The van der Waals surface area contributed by atoms with E-state index < -0.39 is 23.4 Å². The normalized spacial score (nSPS) is 13.6. The van der Waals surface area contributed by atoms with Crippen LogP contribution in [0.3, 0.4) is 0 Å². The van der Waals surface area contributed by atoms with E-state index in [4.69, 9.17) is 9.47 Å².